The summed E-state index contributed by atoms with van der Waals surface area (Å²) in [6, 6.07) is -0.862. The third-order valence-corrected chi connectivity index (χ3v) is 11.6. The molecule has 1 amide bonds. The van der Waals surface area contributed by atoms with Crippen molar-refractivity contribution in [3.05, 3.63) is 72.9 Å². The van der Waals surface area contributed by atoms with Crippen molar-refractivity contribution in [1.82, 2.24) is 5.32 Å². The maximum Gasteiger partial charge on any atom is 0.472 e. The number of quaternary nitrogens is 1. The number of nitrogens with one attached hydrogen (secondary N) is 1. The molecule has 3 atom stereocenters. The van der Waals surface area contributed by atoms with Gasteiger partial charge in [-0.05, 0) is 64.2 Å². The molecule has 61 heavy (non-hydrogen) atoms. The summed E-state index contributed by atoms with van der Waals surface area (Å²) in [6.45, 7) is 4.60. The van der Waals surface area contributed by atoms with Crippen LogP contribution < -0.4 is 5.32 Å². The number of phosphoric acid groups is 1. The summed E-state index contributed by atoms with van der Waals surface area (Å²) in [7, 11) is 1.55. The minimum atomic E-state index is -4.34. The summed E-state index contributed by atoms with van der Waals surface area (Å²) in [4.78, 5) is 23.1. The molecule has 3 N–H and O–H groups in total. The van der Waals surface area contributed by atoms with Crippen LogP contribution in [0.3, 0.4) is 0 Å². The van der Waals surface area contributed by atoms with E-state index in [1.54, 1.807) is 6.08 Å². The van der Waals surface area contributed by atoms with Crippen molar-refractivity contribution >= 4 is 13.7 Å². The first-order chi connectivity index (χ1) is 29.5. The number of unbranched alkanes of at least 4 members (excludes halogenated alkanes) is 21. The van der Waals surface area contributed by atoms with Crippen molar-refractivity contribution in [3.8, 4) is 0 Å². The predicted molar refractivity (Wildman–Crippen MR) is 263 cm³/mol. The maximum absolute atomic E-state index is 12.8. The highest BCUT2D eigenvalue weighted by atomic mass is 31.2. The van der Waals surface area contributed by atoms with Gasteiger partial charge in [0.1, 0.15) is 13.2 Å². The van der Waals surface area contributed by atoms with Gasteiger partial charge in [0.2, 0.25) is 5.91 Å². The van der Waals surface area contributed by atoms with Crippen LogP contribution >= 0.6 is 7.82 Å². The molecule has 0 aliphatic rings. The zero-order chi connectivity index (χ0) is 45.0. The molecule has 0 aliphatic heterocycles. The molecular formula is C52H96N2O6P+. The second-order valence-electron chi connectivity index (χ2n) is 17.8. The second-order valence-corrected chi connectivity index (χ2v) is 19.3. The lowest BCUT2D eigenvalue weighted by atomic mass is 10.0. The monoisotopic (exact) mass is 876 g/mol. The molecule has 0 heterocycles. The van der Waals surface area contributed by atoms with E-state index in [2.05, 4.69) is 79.9 Å². The van der Waals surface area contributed by atoms with Gasteiger partial charge in [-0.3, -0.25) is 13.8 Å². The highest BCUT2D eigenvalue weighted by Gasteiger charge is 2.27. The van der Waals surface area contributed by atoms with E-state index in [0.717, 1.165) is 64.2 Å². The molecule has 8 nitrogen and oxygen atoms in total. The minimum absolute atomic E-state index is 0.0542. The van der Waals surface area contributed by atoms with Crippen molar-refractivity contribution < 1.29 is 32.9 Å². The number of carbonyl (C=O) groups is 1. The Bertz CT molecular complexity index is 1220. The van der Waals surface area contributed by atoms with Crippen molar-refractivity contribution in [2.75, 3.05) is 40.9 Å². The van der Waals surface area contributed by atoms with Gasteiger partial charge in [-0.1, -0.05) is 202 Å². The molecule has 0 radical (unpaired) electrons. The summed E-state index contributed by atoms with van der Waals surface area (Å²) in [5.74, 6) is -0.192. The molecule has 0 aliphatic carbocycles. The van der Waals surface area contributed by atoms with Crippen LogP contribution in [0.1, 0.15) is 200 Å². The van der Waals surface area contributed by atoms with Crippen LogP contribution in [0.25, 0.3) is 0 Å². The maximum atomic E-state index is 12.8. The SMILES string of the molecule is CC/C=C\C/C=C\C/C=C\C/C=C\CCCCCCCCCCCCCCCCCCCCC(=O)NC(COP(=O)(O)OCC[N+](C)(C)C)C(O)/C=C/CC/C=C/CCCC. The fourth-order valence-electron chi connectivity index (χ4n) is 6.74. The Balaban J connectivity index is 3.98. The van der Waals surface area contributed by atoms with Gasteiger partial charge in [-0.15, -0.1) is 0 Å². The number of phosphoric ester groups is 1. The van der Waals surface area contributed by atoms with Gasteiger partial charge in [0, 0.05) is 6.42 Å². The normalized spacial score (nSPS) is 14.8. The van der Waals surface area contributed by atoms with Crippen molar-refractivity contribution in [2.24, 2.45) is 0 Å². The standard InChI is InChI=1S/C52H95N2O6P/c1-6-8-10-12-14-16-17-18-19-20-21-22-23-24-25-26-27-28-29-30-31-32-33-34-35-36-37-38-40-42-44-46-52(56)53-50(49-60-61(57,58)59-48-47-54(3,4)5)51(55)45-43-41-39-15-13-11-9-7-2/h8,10,13-16,18-19,21-22,43,45,50-51,55H,6-7,9,11-12,17,20,23-42,44,46-49H2,1-5H3,(H-,53,56,57,58)/p+1/b10-8-,15-13+,16-14-,19-18-,22-21-,45-43+. The molecule has 0 fully saturated rings. The molecular weight excluding hydrogens is 780 g/mol. The van der Waals surface area contributed by atoms with Gasteiger partial charge in [0.05, 0.1) is 39.9 Å². The van der Waals surface area contributed by atoms with Crippen LogP contribution in [0.15, 0.2) is 72.9 Å². The first kappa shape index (κ1) is 58.9. The Kier molecular flexibility index (Phi) is 41.7. The molecule has 0 aromatic carbocycles. The van der Waals surface area contributed by atoms with Gasteiger partial charge >= 0.3 is 7.82 Å². The van der Waals surface area contributed by atoms with Crippen LogP contribution in [-0.4, -0.2) is 73.4 Å². The predicted octanol–water partition coefficient (Wildman–Crippen LogP) is 14.4. The summed E-state index contributed by atoms with van der Waals surface area (Å²) < 4.78 is 23.5. The lowest BCUT2D eigenvalue weighted by Crippen LogP contribution is -2.45. The van der Waals surface area contributed by atoms with Crippen molar-refractivity contribution in [1.29, 1.82) is 0 Å². The summed E-state index contributed by atoms with van der Waals surface area (Å²) in [5, 5.41) is 13.7. The number of aliphatic hydroxyl groups is 1. The van der Waals surface area contributed by atoms with Gasteiger partial charge in [0.25, 0.3) is 0 Å². The first-order valence-electron chi connectivity index (χ1n) is 24.8. The van der Waals surface area contributed by atoms with E-state index >= 15 is 0 Å². The summed E-state index contributed by atoms with van der Waals surface area (Å²) in [5.41, 5.74) is 0. The van der Waals surface area contributed by atoms with Crippen LogP contribution in [0.2, 0.25) is 0 Å². The van der Waals surface area contributed by atoms with E-state index in [9.17, 15) is 19.4 Å². The van der Waals surface area contributed by atoms with E-state index < -0.39 is 20.0 Å². The van der Waals surface area contributed by atoms with Crippen LogP contribution in [-0.2, 0) is 18.4 Å². The topological polar surface area (TPSA) is 105 Å². The lowest BCUT2D eigenvalue weighted by molar-refractivity contribution is -0.870. The molecule has 0 rings (SSSR count). The number of amides is 1. The van der Waals surface area contributed by atoms with Crippen LogP contribution in [0.5, 0.6) is 0 Å². The van der Waals surface area contributed by atoms with Crippen LogP contribution in [0.4, 0.5) is 0 Å². The highest BCUT2D eigenvalue weighted by Crippen LogP contribution is 2.43. The van der Waals surface area contributed by atoms with Gasteiger partial charge < -0.3 is 19.8 Å². The molecule has 0 saturated carbocycles. The van der Waals surface area contributed by atoms with E-state index in [-0.39, 0.29) is 19.1 Å². The molecule has 0 saturated heterocycles. The number of hydrogen-bond acceptors (Lipinski definition) is 5. The number of hydrogen-bond donors (Lipinski definition) is 3. The molecule has 0 spiro atoms. The second kappa shape index (κ2) is 43.2. The molecule has 354 valence electrons. The first-order valence-corrected chi connectivity index (χ1v) is 26.3. The quantitative estimate of drug-likeness (QED) is 0.0244. The Morgan fingerprint density at radius 1 is 0.574 bits per heavy atom. The molecule has 9 heteroatoms. The summed E-state index contributed by atoms with van der Waals surface area (Å²) in [6.07, 6.45) is 58.8. The van der Waals surface area contributed by atoms with Gasteiger partial charge in [-0.25, -0.2) is 4.57 Å². The minimum Gasteiger partial charge on any atom is -0.387 e. The van der Waals surface area contributed by atoms with E-state index in [1.165, 1.54) is 116 Å². The number of carbonyl (C=O) groups excluding carboxylic acids is 1. The van der Waals surface area contributed by atoms with E-state index in [0.29, 0.717) is 17.4 Å². The Hall–Kier alpha value is -2.06. The number of rotatable bonds is 44. The van der Waals surface area contributed by atoms with Crippen molar-refractivity contribution in [2.45, 2.75) is 212 Å². The Morgan fingerprint density at radius 3 is 1.51 bits per heavy atom. The third-order valence-electron chi connectivity index (χ3n) is 10.7. The van der Waals surface area contributed by atoms with E-state index in [1.807, 2.05) is 27.2 Å². The number of allylic oxidation sites excluding steroid dienone is 11. The zero-order valence-electron chi connectivity index (χ0n) is 40.1. The highest BCUT2D eigenvalue weighted by molar-refractivity contribution is 7.47. The average molecular weight is 876 g/mol. The molecule has 0 bridgehead atoms. The lowest BCUT2D eigenvalue weighted by Gasteiger charge is -2.25. The van der Waals surface area contributed by atoms with Gasteiger partial charge in [-0.2, -0.15) is 0 Å². The number of nitrogens with zero attached hydrogens (tertiary/aromatic N) is 1. The molecule has 0 aromatic heterocycles. The molecule has 3 unspecified atom stereocenters. The fraction of sp³-hybridized carbons (Fsp3) is 0.750. The van der Waals surface area contributed by atoms with E-state index in [4.69, 9.17) is 9.05 Å². The smallest absolute Gasteiger partial charge is 0.387 e. The largest absolute Gasteiger partial charge is 0.472 e. The van der Waals surface area contributed by atoms with Crippen LogP contribution in [0, 0.1) is 0 Å². The van der Waals surface area contributed by atoms with Crippen molar-refractivity contribution in [3.63, 3.8) is 0 Å². The number of aliphatic hydroxyl groups excluding tert-OH is 1. The molecule has 0 aromatic rings. The van der Waals surface area contributed by atoms with Gasteiger partial charge in [0.15, 0.2) is 0 Å². The fourth-order valence-corrected chi connectivity index (χ4v) is 7.48. The Morgan fingerprint density at radius 2 is 1.00 bits per heavy atom. The Labute approximate surface area is 376 Å². The third kappa shape index (κ3) is 45.8. The summed E-state index contributed by atoms with van der Waals surface area (Å²) >= 11 is 0. The number of likely N-dealkylation sites (N-methyl/N-ethyl adjacent to an activating group) is 1. The average Bonchev–Trinajstić information content (AvgIpc) is 3.21. The zero-order valence-corrected chi connectivity index (χ0v) is 41.0.